The molecule has 1 aliphatic heterocycles. The minimum atomic E-state index is -0.409. The third-order valence-corrected chi connectivity index (χ3v) is 4.98. The molecule has 1 aliphatic carbocycles. The lowest BCUT2D eigenvalue weighted by Gasteiger charge is -2.52. The molecule has 23 heavy (non-hydrogen) atoms. The van der Waals surface area contributed by atoms with E-state index >= 15 is 0 Å². The normalized spacial score (nSPS) is 20.9. The molecule has 1 amide bonds. The molecule has 0 unspecified atom stereocenters. The van der Waals surface area contributed by atoms with E-state index in [4.69, 9.17) is 4.74 Å². The van der Waals surface area contributed by atoms with E-state index in [0.717, 1.165) is 25.9 Å². The number of hydrogen-bond donors (Lipinski definition) is 1. The Morgan fingerprint density at radius 3 is 2.35 bits per heavy atom. The van der Waals surface area contributed by atoms with Gasteiger partial charge in [0.15, 0.2) is 0 Å². The number of carbonyl (C=O) groups is 1. The molecule has 1 aromatic rings. The highest BCUT2D eigenvalue weighted by molar-refractivity contribution is 5.68. The lowest BCUT2D eigenvalue weighted by Crippen LogP contribution is -2.53. The number of nitrogens with one attached hydrogen (secondary N) is 1. The number of rotatable bonds is 2. The molecule has 0 aromatic heterocycles. The van der Waals surface area contributed by atoms with Gasteiger partial charge in [-0.15, -0.1) is 0 Å². The number of hydrogen-bond acceptors (Lipinski definition) is 3. The molecule has 1 saturated heterocycles. The Morgan fingerprint density at radius 2 is 1.78 bits per heavy atom. The van der Waals surface area contributed by atoms with E-state index in [1.165, 1.54) is 18.5 Å². The molecule has 2 aliphatic rings. The number of likely N-dealkylation sites (tertiary alicyclic amines) is 1. The van der Waals surface area contributed by atoms with Crippen LogP contribution in [-0.4, -0.2) is 35.7 Å². The summed E-state index contributed by atoms with van der Waals surface area (Å²) < 4.78 is 5.47. The number of para-hydroxylation sites is 1. The number of anilines is 1. The van der Waals surface area contributed by atoms with Crippen molar-refractivity contribution in [3.8, 4) is 0 Å². The van der Waals surface area contributed by atoms with Crippen LogP contribution < -0.4 is 5.32 Å². The Morgan fingerprint density at radius 1 is 1.17 bits per heavy atom. The Labute approximate surface area is 139 Å². The molecule has 0 atom stereocenters. The fraction of sp³-hybridized carbons (Fsp3) is 0.632. The SMILES string of the molecule is CC(C)(C)OC(=O)N1CCC2(CC1)CC(Nc1ccccc1)C2. The highest BCUT2D eigenvalue weighted by atomic mass is 16.6. The number of piperidine rings is 1. The Kier molecular flexibility index (Phi) is 4.26. The van der Waals surface area contributed by atoms with Crippen molar-refractivity contribution in [1.82, 2.24) is 4.90 Å². The molecule has 126 valence electrons. The van der Waals surface area contributed by atoms with Gasteiger partial charge >= 0.3 is 6.09 Å². The van der Waals surface area contributed by atoms with E-state index in [1.54, 1.807) is 0 Å². The van der Waals surface area contributed by atoms with Gasteiger partial charge in [-0.25, -0.2) is 4.79 Å². The molecule has 0 bridgehead atoms. The van der Waals surface area contributed by atoms with Gasteiger partial charge in [-0.3, -0.25) is 0 Å². The van der Waals surface area contributed by atoms with Crippen LogP contribution in [0.2, 0.25) is 0 Å². The van der Waals surface area contributed by atoms with Crippen molar-refractivity contribution in [3.05, 3.63) is 30.3 Å². The number of ether oxygens (including phenoxy) is 1. The summed E-state index contributed by atoms with van der Waals surface area (Å²) in [4.78, 5) is 14.0. The number of benzene rings is 1. The second-order valence-electron chi connectivity index (χ2n) is 8.08. The maximum atomic E-state index is 12.1. The summed E-state index contributed by atoms with van der Waals surface area (Å²) in [5.41, 5.74) is 1.23. The maximum Gasteiger partial charge on any atom is 0.410 e. The van der Waals surface area contributed by atoms with Crippen LogP contribution in [0.3, 0.4) is 0 Å². The molecule has 2 fully saturated rings. The summed E-state index contributed by atoms with van der Waals surface area (Å²) in [6.45, 7) is 7.41. The van der Waals surface area contributed by atoms with Crippen LogP contribution in [0.4, 0.5) is 10.5 Å². The van der Waals surface area contributed by atoms with Gasteiger partial charge in [-0.1, -0.05) is 18.2 Å². The van der Waals surface area contributed by atoms with Crippen molar-refractivity contribution < 1.29 is 9.53 Å². The first-order valence-corrected chi connectivity index (χ1v) is 8.65. The van der Waals surface area contributed by atoms with E-state index in [0.29, 0.717) is 11.5 Å². The quantitative estimate of drug-likeness (QED) is 0.885. The zero-order chi connectivity index (χ0) is 16.5. The van der Waals surface area contributed by atoms with E-state index < -0.39 is 5.60 Å². The predicted molar refractivity (Wildman–Crippen MR) is 92.6 cm³/mol. The van der Waals surface area contributed by atoms with E-state index in [1.807, 2.05) is 31.7 Å². The van der Waals surface area contributed by atoms with Crippen LogP contribution in [0.1, 0.15) is 46.5 Å². The summed E-state index contributed by atoms with van der Waals surface area (Å²) in [7, 11) is 0. The number of carbonyl (C=O) groups excluding carboxylic acids is 1. The molecule has 4 nitrogen and oxygen atoms in total. The molecular weight excluding hydrogens is 288 g/mol. The topological polar surface area (TPSA) is 41.6 Å². The van der Waals surface area contributed by atoms with Crippen LogP contribution >= 0.6 is 0 Å². The lowest BCUT2D eigenvalue weighted by molar-refractivity contribution is -0.00859. The predicted octanol–water partition coefficient (Wildman–Crippen LogP) is 4.28. The minimum Gasteiger partial charge on any atom is -0.444 e. The fourth-order valence-corrected chi connectivity index (χ4v) is 3.76. The standard InChI is InChI=1S/C19H28N2O2/c1-18(2,3)23-17(22)21-11-9-19(10-12-21)13-16(14-19)20-15-7-5-4-6-8-15/h4-8,16,20H,9-14H2,1-3H3. The molecule has 0 radical (unpaired) electrons. The van der Waals surface area contributed by atoms with Gasteiger partial charge in [0.05, 0.1) is 0 Å². The first-order valence-electron chi connectivity index (χ1n) is 8.65. The third-order valence-electron chi connectivity index (χ3n) is 4.98. The van der Waals surface area contributed by atoms with Gasteiger partial charge < -0.3 is 15.0 Å². The van der Waals surface area contributed by atoms with Crippen molar-refractivity contribution in [2.45, 2.75) is 58.1 Å². The first kappa shape index (κ1) is 16.2. The van der Waals surface area contributed by atoms with E-state index in [9.17, 15) is 4.79 Å². The zero-order valence-corrected chi connectivity index (χ0v) is 14.5. The number of amides is 1. The molecule has 4 heteroatoms. The van der Waals surface area contributed by atoms with Crippen molar-refractivity contribution in [1.29, 1.82) is 0 Å². The van der Waals surface area contributed by atoms with Gasteiger partial charge in [-0.2, -0.15) is 0 Å². The van der Waals surface area contributed by atoms with Crippen LogP contribution in [0.25, 0.3) is 0 Å². The van der Waals surface area contributed by atoms with Crippen molar-refractivity contribution in [3.63, 3.8) is 0 Å². The maximum absolute atomic E-state index is 12.1. The van der Waals surface area contributed by atoms with Crippen LogP contribution in [0, 0.1) is 5.41 Å². The summed E-state index contributed by atoms with van der Waals surface area (Å²) in [5, 5.41) is 3.61. The van der Waals surface area contributed by atoms with Crippen molar-refractivity contribution in [2.24, 2.45) is 5.41 Å². The van der Waals surface area contributed by atoms with Crippen LogP contribution in [0.15, 0.2) is 30.3 Å². The smallest absolute Gasteiger partial charge is 0.410 e. The molecule has 1 heterocycles. The van der Waals surface area contributed by atoms with Gasteiger partial charge in [-0.05, 0) is 64.0 Å². The molecular formula is C19H28N2O2. The van der Waals surface area contributed by atoms with Gasteiger partial charge in [0.2, 0.25) is 0 Å². The monoisotopic (exact) mass is 316 g/mol. The highest BCUT2D eigenvalue weighted by Crippen LogP contribution is 2.50. The van der Waals surface area contributed by atoms with E-state index in [-0.39, 0.29) is 6.09 Å². The van der Waals surface area contributed by atoms with Crippen LogP contribution in [-0.2, 0) is 4.74 Å². The molecule has 1 aromatic carbocycles. The summed E-state index contributed by atoms with van der Waals surface area (Å²) in [6, 6.07) is 11.0. The Balaban J connectivity index is 1.44. The molecule has 1 N–H and O–H groups in total. The van der Waals surface area contributed by atoms with Gasteiger partial charge in [0.1, 0.15) is 5.60 Å². The number of nitrogens with zero attached hydrogens (tertiary/aromatic N) is 1. The second-order valence-corrected chi connectivity index (χ2v) is 8.08. The van der Waals surface area contributed by atoms with Crippen LogP contribution in [0.5, 0.6) is 0 Å². The summed E-state index contributed by atoms with van der Waals surface area (Å²) >= 11 is 0. The van der Waals surface area contributed by atoms with E-state index in [2.05, 4.69) is 29.6 Å². The molecule has 1 saturated carbocycles. The van der Waals surface area contributed by atoms with Gasteiger partial charge in [0, 0.05) is 24.8 Å². The average molecular weight is 316 g/mol. The Hall–Kier alpha value is -1.71. The third kappa shape index (κ3) is 3.98. The van der Waals surface area contributed by atoms with Gasteiger partial charge in [0.25, 0.3) is 0 Å². The minimum absolute atomic E-state index is 0.161. The lowest BCUT2D eigenvalue weighted by atomic mass is 9.60. The molecule has 1 spiro atoms. The largest absolute Gasteiger partial charge is 0.444 e. The summed E-state index contributed by atoms with van der Waals surface area (Å²) in [6.07, 6.45) is 4.46. The Bertz CT molecular complexity index is 534. The van der Waals surface area contributed by atoms with Crippen molar-refractivity contribution in [2.75, 3.05) is 18.4 Å². The average Bonchev–Trinajstić information content (AvgIpc) is 2.45. The summed E-state index contributed by atoms with van der Waals surface area (Å²) in [5.74, 6) is 0. The second kappa shape index (κ2) is 6.06. The molecule has 3 rings (SSSR count). The van der Waals surface area contributed by atoms with Crippen molar-refractivity contribution >= 4 is 11.8 Å². The zero-order valence-electron chi connectivity index (χ0n) is 14.5. The first-order chi connectivity index (χ1) is 10.9. The highest BCUT2D eigenvalue weighted by Gasteiger charge is 2.46. The fourth-order valence-electron chi connectivity index (χ4n) is 3.76.